The molecule has 2 amide bonds. The van der Waals surface area contributed by atoms with Gasteiger partial charge in [-0.05, 0) is 19.4 Å². The van der Waals surface area contributed by atoms with Gasteiger partial charge in [-0.3, -0.25) is 9.59 Å². The lowest BCUT2D eigenvalue weighted by atomic mass is 10.2. The second kappa shape index (κ2) is 6.03. The van der Waals surface area contributed by atoms with E-state index in [9.17, 15) is 9.59 Å². The Bertz CT molecular complexity index is 388. The summed E-state index contributed by atoms with van der Waals surface area (Å²) in [7, 11) is 1.46. The van der Waals surface area contributed by atoms with E-state index >= 15 is 0 Å². The Hall–Kier alpha value is -1.84. The summed E-state index contributed by atoms with van der Waals surface area (Å²) in [5, 5.41) is 2.36. The first-order valence-corrected chi connectivity index (χ1v) is 5.63. The quantitative estimate of drug-likeness (QED) is 0.798. The topological polar surface area (TPSA) is 49.4 Å². The molecular formula is C13H18N2O2. The molecule has 0 aliphatic carbocycles. The molecule has 1 rings (SSSR count). The predicted octanol–water partition coefficient (Wildman–Crippen LogP) is 1.17. The molecule has 4 heteroatoms. The number of hydrogen-bond donors (Lipinski definition) is 1. The smallest absolute Gasteiger partial charge is 0.312 e. The number of hydrogen-bond acceptors (Lipinski definition) is 2. The Morgan fingerprint density at radius 2 is 1.82 bits per heavy atom. The number of nitrogens with zero attached hydrogens (tertiary/aromatic N) is 1. The number of amides is 2. The zero-order chi connectivity index (χ0) is 12.8. The lowest BCUT2D eigenvalue weighted by Crippen LogP contribution is -2.44. The van der Waals surface area contributed by atoms with Crippen LogP contribution in [0.15, 0.2) is 30.3 Å². The highest BCUT2D eigenvalue weighted by Gasteiger charge is 2.22. The summed E-state index contributed by atoms with van der Waals surface area (Å²) in [6, 6.07) is 9.61. The first kappa shape index (κ1) is 13.2. The van der Waals surface area contributed by atoms with Crippen LogP contribution in [0, 0.1) is 0 Å². The van der Waals surface area contributed by atoms with E-state index in [1.54, 1.807) is 4.90 Å². The van der Waals surface area contributed by atoms with Gasteiger partial charge in [-0.1, -0.05) is 30.3 Å². The van der Waals surface area contributed by atoms with Gasteiger partial charge in [0.05, 0.1) is 0 Å². The normalized spacial score (nSPS) is 10.1. The Balaban J connectivity index is 2.81. The van der Waals surface area contributed by atoms with E-state index in [0.29, 0.717) is 6.54 Å². The van der Waals surface area contributed by atoms with Gasteiger partial charge in [0.1, 0.15) is 0 Å². The number of benzene rings is 1. The van der Waals surface area contributed by atoms with Crippen LogP contribution in [0.2, 0.25) is 0 Å². The standard InChI is InChI=1S/C13H18N2O2/c1-10(2)15(13(17)12(16)14-3)9-11-7-5-4-6-8-11/h4-8,10H,9H2,1-3H3,(H,14,16). The van der Waals surface area contributed by atoms with Crippen LogP contribution < -0.4 is 5.32 Å². The second-order valence-electron chi connectivity index (χ2n) is 4.09. The van der Waals surface area contributed by atoms with Crippen molar-refractivity contribution in [3.05, 3.63) is 35.9 Å². The molecule has 17 heavy (non-hydrogen) atoms. The molecule has 0 spiro atoms. The summed E-state index contributed by atoms with van der Waals surface area (Å²) in [6.07, 6.45) is 0. The van der Waals surface area contributed by atoms with Crippen molar-refractivity contribution in [3.8, 4) is 0 Å². The van der Waals surface area contributed by atoms with Crippen molar-refractivity contribution in [1.82, 2.24) is 10.2 Å². The van der Waals surface area contributed by atoms with Gasteiger partial charge in [0.25, 0.3) is 0 Å². The summed E-state index contributed by atoms with van der Waals surface area (Å²) in [6.45, 7) is 4.23. The fraction of sp³-hybridized carbons (Fsp3) is 0.385. The zero-order valence-electron chi connectivity index (χ0n) is 10.4. The van der Waals surface area contributed by atoms with Gasteiger partial charge in [0.15, 0.2) is 0 Å². The first-order valence-electron chi connectivity index (χ1n) is 5.63. The molecule has 0 heterocycles. The molecule has 0 atom stereocenters. The van der Waals surface area contributed by atoms with Crippen LogP contribution in [-0.2, 0) is 16.1 Å². The van der Waals surface area contributed by atoms with Crippen LogP contribution in [0.25, 0.3) is 0 Å². The van der Waals surface area contributed by atoms with Gasteiger partial charge in [0, 0.05) is 19.6 Å². The van der Waals surface area contributed by atoms with Crippen molar-refractivity contribution in [2.45, 2.75) is 26.4 Å². The van der Waals surface area contributed by atoms with Crippen LogP contribution in [0.4, 0.5) is 0 Å². The number of likely N-dealkylation sites (N-methyl/N-ethyl adjacent to an activating group) is 1. The second-order valence-corrected chi connectivity index (χ2v) is 4.09. The molecule has 0 unspecified atom stereocenters. The number of rotatable bonds is 3. The summed E-state index contributed by atoms with van der Waals surface area (Å²) < 4.78 is 0. The van der Waals surface area contributed by atoms with Gasteiger partial charge in [-0.2, -0.15) is 0 Å². The van der Waals surface area contributed by atoms with Crippen molar-refractivity contribution in [2.75, 3.05) is 7.05 Å². The predicted molar refractivity (Wildman–Crippen MR) is 66.2 cm³/mol. The molecule has 1 aromatic rings. The summed E-state index contributed by atoms with van der Waals surface area (Å²) in [5.41, 5.74) is 1.01. The van der Waals surface area contributed by atoms with Crippen LogP contribution in [0.1, 0.15) is 19.4 Å². The molecule has 1 N–H and O–H groups in total. The van der Waals surface area contributed by atoms with E-state index in [2.05, 4.69) is 5.32 Å². The minimum absolute atomic E-state index is 0.0139. The summed E-state index contributed by atoms with van der Waals surface area (Å²) in [4.78, 5) is 24.7. The molecule has 0 fully saturated rings. The third-order valence-corrected chi connectivity index (χ3v) is 2.50. The third-order valence-electron chi connectivity index (χ3n) is 2.50. The van der Waals surface area contributed by atoms with E-state index in [0.717, 1.165) is 5.56 Å². The molecule has 0 saturated carbocycles. The molecule has 0 bridgehead atoms. The monoisotopic (exact) mass is 234 g/mol. The molecule has 0 saturated heterocycles. The van der Waals surface area contributed by atoms with E-state index in [4.69, 9.17) is 0 Å². The highest BCUT2D eigenvalue weighted by molar-refractivity contribution is 6.34. The molecule has 4 nitrogen and oxygen atoms in total. The van der Waals surface area contributed by atoms with Gasteiger partial charge in [-0.15, -0.1) is 0 Å². The molecule has 0 radical (unpaired) electrons. The van der Waals surface area contributed by atoms with Crippen LogP contribution in [-0.4, -0.2) is 29.8 Å². The maximum Gasteiger partial charge on any atom is 0.312 e. The Labute approximate surface area is 102 Å². The first-order chi connectivity index (χ1) is 8.06. The van der Waals surface area contributed by atoms with E-state index in [-0.39, 0.29) is 6.04 Å². The maximum atomic E-state index is 11.8. The zero-order valence-corrected chi connectivity index (χ0v) is 10.4. The number of carbonyl (C=O) groups is 2. The SMILES string of the molecule is CNC(=O)C(=O)N(Cc1ccccc1)C(C)C. The van der Waals surface area contributed by atoms with Gasteiger partial charge in [0.2, 0.25) is 0 Å². The van der Waals surface area contributed by atoms with Gasteiger partial charge < -0.3 is 10.2 Å². The highest BCUT2D eigenvalue weighted by Crippen LogP contribution is 2.08. The highest BCUT2D eigenvalue weighted by atomic mass is 16.2. The van der Waals surface area contributed by atoms with Crippen LogP contribution in [0.5, 0.6) is 0 Å². The van der Waals surface area contributed by atoms with Crippen molar-refractivity contribution >= 4 is 11.8 Å². The fourth-order valence-corrected chi connectivity index (χ4v) is 1.51. The minimum Gasteiger partial charge on any atom is -0.351 e. The Morgan fingerprint density at radius 3 is 2.29 bits per heavy atom. The third kappa shape index (κ3) is 3.59. The lowest BCUT2D eigenvalue weighted by molar-refractivity contribution is -0.147. The van der Waals surface area contributed by atoms with E-state index in [1.807, 2.05) is 44.2 Å². The molecular weight excluding hydrogens is 216 g/mol. The average Bonchev–Trinajstić information content (AvgIpc) is 2.35. The van der Waals surface area contributed by atoms with Crippen molar-refractivity contribution in [2.24, 2.45) is 0 Å². The number of nitrogens with one attached hydrogen (secondary N) is 1. The number of carbonyl (C=O) groups excluding carboxylic acids is 2. The Kier molecular flexibility index (Phi) is 4.69. The van der Waals surface area contributed by atoms with Crippen molar-refractivity contribution < 1.29 is 9.59 Å². The van der Waals surface area contributed by atoms with Crippen molar-refractivity contribution in [3.63, 3.8) is 0 Å². The van der Waals surface area contributed by atoms with Gasteiger partial charge >= 0.3 is 11.8 Å². The maximum absolute atomic E-state index is 11.8. The minimum atomic E-state index is -0.574. The van der Waals surface area contributed by atoms with Crippen molar-refractivity contribution in [1.29, 1.82) is 0 Å². The van der Waals surface area contributed by atoms with Crippen LogP contribution >= 0.6 is 0 Å². The summed E-state index contributed by atoms with van der Waals surface area (Å²) >= 11 is 0. The lowest BCUT2D eigenvalue weighted by Gasteiger charge is -2.25. The van der Waals surface area contributed by atoms with Crippen LogP contribution in [0.3, 0.4) is 0 Å². The fourth-order valence-electron chi connectivity index (χ4n) is 1.51. The molecule has 0 aliphatic rings. The molecule has 92 valence electrons. The van der Waals surface area contributed by atoms with E-state index in [1.165, 1.54) is 7.05 Å². The van der Waals surface area contributed by atoms with Gasteiger partial charge in [-0.25, -0.2) is 0 Å². The largest absolute Gasteiger partial charge is 0.351 e. The average molecular weight is 234 g/mol. The molecule has 0 aromatic heterocycles. The molecule has 1 aromatic carbocycles. The Morgan fingerprint density at radius 1 is 1.24 bits per heavy atom. The molecule has 0 aliphatic heterocycles. The van der Waals surface area contributed by atoms with E-state index < -0.39 is 11.8 Å². The summed E-state index contributed by atoms with van der Waals surface area (Å²) in [5.74, 6) is -1.07.